The Labute approximate surface area is 198 Å². The van der Waals surface area contributed by atoms with Gasteiger partial charge in [0.1, 0.15) is 8.24 Å². The maximum atomic E-state index is 16.6. The van der Waals surface area contributed by atoms with E-state index in [0.29, 0.717) is 23.7 Å². The molecule has 0 heterocycles. The number of halogens is 1. The van der Waals surface area contributed by atoms with Gasteiger partial charge in [-0.3, -0.25) is 4.32 Å². The number of anilines is 2. The molecule has 0 aliphatic heterocycles. The third-order valence-corrected chi connectivity index (χ3v) is 8.06. The quantitative estimate of drug-likeness (QED) is 0.381. The Morgan fingerprint density at radius 2 is 1.03 bits per heavy atom. The van der Waals surface area contributed by atoms with E-state index in [1.54, 1.807) is 0 Å². The lowest BCUT2D eigenvalue weighted by molar-refractivity contribution is 0.805. The predicted molar refractivity (Wildman–Crippen MR) is 146 cm³/mol. The molecule has 32 heavy (non-hydrogen) atoms. The summed E-state index contributed by atoms with van der Waals surface area (Å²) in [6.45, 7) is 24.2. The van der Waals surface area contributed by atoms with Crippen molar-refractivity contribution in [2.24, 2.45) is 0 Å². The van der Waals surface area contributed by atoms with E-state index >= 15 is 4.32 Å². The van der Waals surface area contributed by atoms with Gasteiger partial charge in [-0.2, -0.15) is 0 Å². The zero-order chi connectivity index (χ0) is 24.4. The molecule has 0 saturated carbocycles. The number of para-hydroxylation sites is 2. The van der Waals surface area contributed by atoms with Crippen LogP contribution >= 0.6 is 0 Å². The van der Waals surface area contributed by atoms with E-state index in [1.165, 1.54) is 22.3 Å². The van der Waals surface area contributed by atoms with Gasteiger partial charge in [0.05, 0.1) is 0 Å². The number of rotatable bonds is 9. The Kier molecular flexibility index (Phi) is 8.66. The molecule has 0 fully saturated rings. The first-order valence-corrected chi connectivity index (χ1v) is 15.7. The first-order chi connectivity index (χ1) is 14.8. The molecule has 0 aromatic heterocycles. The Morgan fingerprint density at radius 3 is 1.34 bits per heavy atom. The summed E-state index contributed by atoms with van der Waals surface area (Å²) in [5.74, 6) is 1.28. The van der Waals surface area contributed by atoms with Crippen molar-refractivity contribution in [3.05, 3.63) is 58.7 Å². The van der Waals surface area contributed by atoms with Gasteiger partial charge in [-0.15, -0.1) is 0 Å². The molecule has 1 N–H and O–H groups in total. The monoisotopic (exact) mass is 454 g/mol. The number of benzene rings is 2. The maximum Gasteiger partial charge on any atom is 0.576 e. The van der Waals surface area contributed by atoms with Gasteiger partial charge >= 0.3 is 7.26 Å². The average Bonchev–Trinajstić information content (AvgIpc) is 2.66. The molecule has 2 nitrogen and oxygen atoms in total. The molecular formula is C27H44BFN2Si. The predicted octanol–water partition coefficient (Wildman–Crippen LogP) is 8.89. The Bertz CT molecular complexity index is 851. The van der Waals surface area contributed by atoms with Crippen molar-refractivity contribution in [1.29, 1.82) is 0 Å². The van der Waals surface area contributed by atoms with Crippen LogP contribution in [0.3, 0.4) is 0 Å². The molecule has 0 saturated heterocycles. The van der Waals surface area contributed by atoms with E-state index in [2.05, 4.69) is 121 Å². The zero-order valence-electron chi connectivity index (χ0n) is 22.2. The highest BCUT2D eigenvalue weighted by atomic mass is 28.3. The highest BCUT2D eigenvalue weighted by Gasteiger charge is 2.39. The highest BCUT2D eigenvalue weighted by Crippen LogP contribution is 2.40. The molecule has 0 unspecified atom stereocenters. The molecule has 0 aliphatic rings. The smallest absolute Gasteiger partial charge is 0.394 e. The van der Waals surface area contributed by atoms with Crippen molar-refractivity contribution >= 4 is 26.9 Å². The molecule has 2 aromatic carbocycles. The summed E-state index contributed by atoms with van der Waals surface area (Å²) in [6, 6.07) is 12.8. The van der Waals surface area contributed by atoms with E-state index in [4.69, 9.17) is 0 Å². The number of hydrogen-bond donors (Lipinski definition) is 1. The molecule has 5 heteroatoms. The fourth-order valence-corrected chi connectivity index (χ4v) is 6.15. The summed E-state index contributed by atoms with van der Waals surface area (Å²) in [5.41, 5.74) is 6.85. The van der Waals surface area contributed by atoms with E-state index in [-0.39, 0.29) is 0 Å². The van der Waals surface area contributed by atoms with Crippen molar-refractivity contribution in [3.8, 4) is 0 Å². The Morgan fingerprint density at radius 1 is 0.688 bits per heavy atom. The highest BCUT2D eigenvalue weighted by molar-refractivity contribution is 6.92. The van der Waals surface area contributed by atoms with Crippen molar-refractivity contribution < 1.29 is 4.32 Å². The minimum absolute atomic E-state index is 0.318. The molecule has 0 spiro atoms. The molecule has 0 atom stereocenters. The summed E-state index contributed by atoms with van der Waals surface area (Å²) in [7, 11) is -3.39. The summed E-state index contributed by atoms with van der Waals surface area (Å²) >= 11 is 0. The molecule has 0 bridgehead atoms. The van der Waals surface area contributed by atoms with Crippen LogP contribution in [0.15, 0.2) is 36.4 Å². The second-order valence-corrected chi connectivity index (χ2v) is 16.1. The average molecular weight is 455 g/mol. The zero-order valence-corrected chi connectivity index (χ0v) is 23.2. The second kappa shape index (κ2) is 10.5. The fraction of sp³-hybridized carbons (Fsp3) is 0.556. The van der Waals surface area contributed by atoms with Crippen molar-refractivity contribution in [1.82, 2.24) is 0 Å². The van der Waals surface area contributed by atoms with Crippen molar-refractivity contribution in [3.63, 3.8) is 0 Å². The maximum absolute atomic E-state index is 16.6. The number of hydrogen-bond acceptors (Lipinski definition) is 2. The molecular weight excluding hydrogens is 410 g/mol. The van der Waals surface area contributed by atoms with E-state index in [1.807, 2.05) is 0 Å². The fourth-order valence-electron chi connectivity index (χ4n) is 4.48. The van der Waals surface area contributed by atoms with Gasteiger partial charge in [-0.1, -0.05) is 111 Å². The SMILES string of the molecule is CC(C)c1cccc(C(C)C)c1NB(F)N(c1c(C(C)C)cccc1C(C)C)[Si](C)(C)C. The van der Waals surface area contributed by atoms with Crippen LogP contribution < -0.4 is 9.70 Å². The van der Waals surface area contributed by atoms with E-state index < -0.39 is 15.5 Å². The van der Waals surface area contributed by atoms with Crippen LogP contribution in [-0.2, 0) is 0 Å². The van der Waals surface area contributed by atoms with Gasteiger partial charge in [0, 0.05) is 11.4 Å². The van der Waals surface area contributed by atoms with Crippen LogP contribution in [0.25, 0.3) is 0 Å². The molecule has 2 rings (SSSR count). The van der Waals surface area contributed by atoms with Gasteiger partial charge < -0.3 is 9.70 Å². The van der Waals surface area contributed by atoms with Crippen LogP contribution in [0, 0.1) is 0 Å². The van der Waals surface area contributed by atoms with Crippen LogP contribution in [-0.4, -0.2) is 15.5 Å². The largest absolute Gasteiger partial charge is 0.576 e. The second-order valence-electron chi connectivity index (χ2n) is 11.2. The van der Waals surface area contributed by atoms with E-state index in [0.717, 1.165) is 11.4 Å². The number of nitrogens with zero attached hydrogens (tertiary/aromatic N) is 1. The molecule has 0 aliphatic carbocycles. The summed E-state index contributed by atoms with van der Waals surface area (Å²) in [4.78, 5) is 0. The van der Waals surface area contributed by atoms with E-state index in [9.17, 15) is 0 Å². The van der Waals surface area contributed by atoms with Crippen molar-refractivity contribution in [2.75, 3.05) is 9.70 Å². The van der Waals surface area contributed by atoms with Crippen molar-refractivity contribution in [2.45, 2.75) is 98.7 Å². The lowest BCUT2D eigenvalue weighted by Gasteiger charge is -2.41. The third-order valence-electron chi connectivity index (χ3n) is 6.17. The summed E-state index contributed by atoms with van der Waals surface area (Å²) in [5, 5.41) is 3.37. The lowest BCUT2D eigenvalue weighted by atomic mass is 9.88. The third kappa shape index (κ3) is 5.78. The first kappa shape index (κ1) is 26.5. The minimum atomic E-state index is -2.09. The van der Waals surface area contributed by atoms with Gasteiger partial charge in [-0.25, -0.2) is 0 Å². The van der Waals surface area contributed by atoms with Crippen LogP contribution in [0.1, 0.15) is 101 Å². The van der Waals surface area contributed by atoms with Crippen LogP contribution in [0.5, 0.6) is 0 Å². The standard InChI is InChI=1S/C27H44BFN2Si/c1-18(2)22-14-12-15-23(19(3)4)26(22)30-28(29)31(32(9,10)11)27-24(20(5)6)16-13-17-25(27)21(7)8/h12-21,30H,1-11H3. The van der Waals surface area contributed by atoms with Gasteiger partial charge in [0.15, 0.2) is 0 Å². The number of nitrogens with one attached hydrogen (secondary N) is 1. The van der Waals surface area contributed by atoms with Crippen LogP contribution in [0.4, 0.5) is 15.7 Å². The summed E-state index contributed by atoms with van der Waals surface area (Å²) < 4.78 is 18.7. The Hall–Kier alpha value is -1.75. The Balaban J connectivity index is 2.70. The molecule has 2 aromatic rings. The summed E-state index contributed by atoms with van der Waals surface area (Å²) in [6.07, 6.45) is 0. The first-order valence-electron chi connectivity index (χ1n) is 12.2. The molecule has 176 valence electrons. The van der Waals surface area contributed by atoms with Gasteiger partial charge in [-0.05, 0) is 45.9 Å². The molecule has 0 radical (unpaired) electrons. The normalized spacial score (nSPS) is 12.2. The van der Waals surface area contributed by atoms with Gasteiger partial charge in [0.25, 0.3) is 0 Å². The van der Waals surface area contributed by atoms with Crippen LogP contribution in [0.2, 0.25) is 19.6 Å². The lowest BCUT2D eigenvalue weighted by Crippen LogP contribution is -2.57. The minimum Gasteiger partial charge on any atom is -0.394 e. The molecule has 0 amide bonds. The topological polar surface area (TPSA) is 15.3 Å². The van der Waals surface area contributed by atoms with Gasteiger partial charge in [0.2, 0.25) is 0 Å².